The van der Waals surface area contributed by atoms with Crippen molar-refractivity contribution in [1.82, 2.24) is 10.6 Å². The maximum atomic E-state index is 12.7. The van der Waals surface area contributed by atoms with Crippen LogP contribution in [0.25, 0.3) is 0 Å². The highest BCUT2D eigenvalue weighted by Crippen LogP contribution is 2.21. The number of benzene rings is 1. The van der Waals surface area contributed by atoms with Crippen LogP contribution in [0.5, 0.6) is 0 Å². The molecule has 6 nitrogen and oxygen atoms in total. The van der Waals surface area contributed by atoms with E-state index in [-0.39, 0.29) is 17.6 Å². The third kappa shape index (κ3) is 7.71. The number of ketones is 1. The van der Waals surface area contributed by atoms with Gasteiger partial charge in [0.15, 0.2) is 0 Å². The van der Waals surface area contributed by atoms with Gasteiger partial charge < -0.3 is 15.4 Å². The molecule has 2 amide bonds. The minimum absolute atomic E-state index is 0.219. The Morgan fingerprint density at radius 1 is 1.04 bits per heavy atom. The second-order valence-corrected chi connectivity index (χ2v) is 8.22. The number of amides is 2. The number of hydrogen-bond donors (Lipinski definition) is 2. The molecule has 0 bridgehead atoms. The average molecular weight is 391 g/mol. The smallest absolute Gasteiger partial charge is 0.408 e. The van der Waals surface area contributed by atoms with Crippen molar-refractivity contribution in [1.29, 1.82) is 0 Å². The van der Waals surface area contributed by atoms with E-state index in [1.807, 2.05) is 65.0 Å². The summed E-state index contributed by atoms with van der Waals surface area (Å²) in [6.45, 7) is 11.5. The second kappa shape index (κ2) is 10.8. The zero-order chi connectivity index (χ0) is 21.3. The number of unbranched alkanes of at least 4 members (excludes halogenated alkanes) is 1. The van der Waals surface area contributed by atoms with Crippen LogP contribution in [0.4, 0.5) is 4.79 Å². The highest BCUT2D eigenvalue weighted by molar-refractivity contribution is 6.38. The van der Waals surface area contributed by atoms with Crippen LogP contribution >= 0.6 is 0 Å². The molecule has 156 valence electrons. The topological polar surface area (TPSA) is 84.5 Å². The zero-order valence-electron chi connectivity index (χ0n) is 17.9. The van der Waals surface area contributed by atoms with E-state index in [9.17, 15) is 14.4 Å². The first-order chi connectivity index (χ1) is 13.1. The summed E-state index contributed by atoms with van der Waals surface area (Å²) in [5.41, 5.74) is 0.683. The summed E-state index contributed by atoms with van der Waals surface area (Å²) in [5.74, 6) is -1.36. The summed E-state index contributed by atoms with van der Waals surface area (Å²) in [4.78, 5) is 37.3. The molecule has 6 heteroatoms. The van der Waals surface area contributed by atoms with Crippen LogP contribution < -0.4 is 10.6 Å². The average Bonchev–Trinajstić information content (AvgIpc) is 2.64. The van der Waals surface area contributed by atoms with Crippen molar-refractivity contribution in [3.63, 3.8) is 0 Å². The number of carbonyl (C=O) groups excluding carboxylic acids is 3. The number of nitrogens with one attached hydrogen (secondary N) is 2. The van der Waals surface area contributed by atoms with Crippen LogP contribution in [0, 0.1) is 5.41 Å². The van der Waals surface area contributed by atoms with Crippen LogP contribution in [0.2, 0.25) is 0 Å². The van der Waals surface area contributed by atoms with Crippen LogP contribution in [0.1, 0.15) is 72.4 Å². The van der Waals surface area contributed by atoms with E-state index in [0.29, 0.717) is 12.8 Å². The predicted molar refractivity (Wildman–Crippen MR) is 110 cm³/mol. The minimum Gasteiger partial charge on any atom is -0.446 e. The summed E-state index contributed by atoms with van der Waals surface area (Å²) < 4.78 is 5.37. The van der Waals surface area contributed by atoms with E-state index in [1.165, 1.54) is 0 Å². The van der Waals surface area contributed by atoms with Crippen molar-refractivity contribution in [2.75, 3.05) is 0 Å². The van der Waals surface area contributed by atoms with Crippen molar-refractivity contribution >= 4 is 17.8 Å². The fourth-order valence-electron chi connectivity index (χ4n) is 2.44. The van der Waals surface area contributed by atoms with Gasteiger partial charge in [-0.3, -0.25) is 9.59 Å². The Labute approximate surface area is 168 Å². The molecule has 0 fully saturated rings. The Kier molecular flexibility index (Phi) is 9.16. The van der Waals surface area contributed by atoms with E-state index in [4.69, 9.17) is 4.74 Å². The van der Waals surface area contributed by atoms with Crippen molar-refractivity contribution in [3.8, 4) is 0 Å². The van der Waals surface area contributed by atoms with Gasteiger partial charge in [0.2, 0.25) is 5.78 Å². The van der Waals surface area contributed by atoms with E-state index in [2.05, 4.69) is 10.6 Å². The Morgan fingerprint density at radius 3 is 2.18 bits per heavy atom. The Balaban J connectivity index is 2.75. The minimum atomic E-state index is -0.900. The summed E-state index contributed by atoms with van der Waals surface area (Å²) in [6, 6.07) is 8.19. The molecule has 1 aromatic rings. The maximum Gasteiger partial charge on any atom is 0.408 e. The van der Waals surface area contributed by atoms with Crippen LogP contribution in [-0.4, -0.2) is 29.9 Å². The molecule has 28 heavy (non-hydrogen) atoms. The number of carbonyl (C=O) groups is 3. The molecule has 0 heterocycles. The summed E-state index contributed by atoms with van der Waals surface area (Å²) in [5, 5.41) is 5.29. The van der Waals surface area contributed by atoms with Crippen molar-refractivity contribution in [3.05, 3.63) is 35.9 Å². The molecule has 0 radical (unpaired) electrons. The predicted octanol–water partition coefficient (Wildman–Crippen LogP) is 4.15. The molecule has 2 N–H and O–H groups in total. The molecule has 0 spiro atoms. The summed E-state index contributed by atoms with van der Waals surface area (Å²) in [6.07, 6.45) is 0.942. The largest absolute Gasteiger partial charge is 0.446 e. The molecule has 1 unspecified atom stereocenters. The number of hydrogen-bond acceptors (Lipinski definition) is 4. The Bertz CT molecular complexity index is 652. The maximum absolute atomic E-state index is 12.7. The standard InChI is InChI=1S/C22H34N2O4/c1-7-8-14-18(24-21(27)28-16(3)22(4,5)6)19(25)20(26)23-15(2)17-12-10-9-11-13-17/h9-13,15-16,18H,7-8,14H2,1-6H3,(H,23,26)(H,24,27)/t15-,16?,18+/m1/s1. The highest BCUT2D eigenvalue weighted by Gasteiger charge is 2.30. The van der Waals surface area contributed by atoms with Crippen molar-refractivity contribution in [2.24, 2.45) is 5.41 Å². The lowest BCUT2D eigenvalue weighted by Crippen LogP contribution is -2.49. The first-order valence-corrected chi connectivity index (χ1v) is 9.93. The van der Waals surface area contributed by atoms with Crippen molar-refractivity contribution < 1.29 is 19.1 Å². The molecule has 0 aliphatic rings. The van der Waals surface area contributed by atoms with Gasteiger partial charge in [-0.05, 0) is 31.2 Å². The molecule has 0 aliphatic carbocycles. The lowest BCUT2D eigenvalue weighted by Gasteiger charge is -2.28. The molecule has 0 aliphatic heterocycles. The molecule has 3 atom stereocenters. The van der Waals surface area contributed by atoms with Gasteiger partial charge in [-0.2, -0.15) is 0 Å². The highest BCUT2D eigenvalue weighted by atomic mass is 16.6. The van der Waals surface area contributed by atoms with Gasteiger partial charge in [0.1, 0.15) is 12.1 Å². The van der Waals surface area contributed by atoms with E-state index < -0.39 is 23.8 Å². The fourth-order valence-corrected chi connectivity index (χ4v) is 2.44. The van der Waals surface area contributed by atoms with E-state index >= 15 is 0 Å². The third-order valence-corrected chi connectivity index (χ3v) is 4.83. The first-order valence-electron chi connectivity index (χ1n) is 9.93. The Morgan fingerprint density at radius 2 is 1.64 bits per heavy atom. The lowest BCUT2D eigenvalue weighted by atomic mass is 9.90. The monoisotopic (exact) mass is 390 g/mol. The number of alkyl carbamates (subject to hydrolysis) is 1. The molecule has 0 aromatic heterocycles. The summed E-state index contributed by atoms with van der Waals surface area (Å²) in [7, 11) is 0. The van der Waals surface area contributed by atoms with E-state index in [1.54, 1.807) is 6.92 Å². The molecule has 1 aromatic carbocycles. The van der Waals surface area contributed by atoms with Gasteiger partial charge >= 0.3 is 6.09 Å². The van der Waals surface area contributed by atoms with Gasteiger partial charge in [-0.25, -0.2) is 4.79 Å². The molecule has 0 saturated carbocycles. The number of ether oxygens (including phenoxy) is 1. The third-order valence-electron chi connectivity index (χ3n) is 4.83. The van der Waals surface area contributed by atoms with Crippen LogP contribution in [0.15, 0.2) is 30.3 Å². The van der Waals surface area contributed by atoms with Gasteiger partial charge in [0.05, 0.1) is 6.04 Å². The molecule has 1 rings (SSSR count). The quantitative estimate of drug-likeness (QED) is 0.620. The van der Waals surface area contributed by atoms with Gasteiger partial charge in [0.25, 0.3) is 5.91 Å². The SMILES string of the molecule is CCCC[C@H](NC(=O)OC(C)C(C)(C)C)C(=O)C(=O)N[C@H](C)c1ccccc1. The van der Waals surface area contributed by atoms with Gasteiger partial charge in [-0.1, -0.05) is 70.9 Å². The number of Topliss-reactive ketones (excluding diaryl/α,β-unsaturated/α-hetero) is 1. The number of rotatable bonds is 9. The van der Waals surface area contributed by atoms with Gasteiger partial charge in [0, 0.05) is 0 Å². The lowest BCUT2D eigenvalue weighted by molar-refractivity contribution is -0.139. The molecular weight excluding hydrogens is 356 g/mol. The van der Waals surface area contributed by atoms with Gasteiger partial charge in [-0.15, -0.1) is 0 Å². The molecular formula is C22H34N2O4. The normalized spacial score (nSPS) is 14.5. The van der Waals surface area contributed by atoms with E-state index in [0.717, 1.165) is 12.0 Å². The molecule has 0 saturated heterocycles. The second-order valence-electron chi connectivity index (χ2n) is 8.22. The fraction of sp³-hybridized carbons (Fsp3) is 0.591. The van der Waals surface area contributed by atoms with Crippen LogP contribution in [-0.2, 0) is 14.3 Å². The Hall–Kier alpha value is -2.37. The zero-order valence-corrected chi connectivity index (χ0v) is 17.9. The van der Waals surface area contributed by atoms with Crippen LogP contribution in [0.3, 0.4) is 0 Å². The first kappa shape index (κ1) is 23.7. The summed E-state index contributed by atoms with van der Waals surface area (Å²) >= 11 is 0. The van der Waals surface area contributed by atoms with Crippen molar-refractivity contribution in [2.45, 2.75) is 79.0 Å².